The van der Waals surface area contributed by atoms with E-state index in [0.29, 0.717) is 22.9 Å². The average molecular weight is 352 g/mol. The van der Waals surface area contributed by atoms with Crippen LogP contribution in [-0.2, 0) is 6.42 Å². The van der Waals surface area contributed by atoms with E-state index in [0.717, 1.165) is 17.8 Å². The number of aromatic nitrogens is 2. The molecule has 6 heteroatoms. The molecule has 3 rings (SSSR count). The number of nitrogens with zero attached hydrogens (tertiary/aromatic N) is 2. The second-order valence-electron chi connectivity index (χ2n) is 5.53. The lowest BCUT2D eigenvalue weighted by atomic mass is 10.2. The molecule has 0 aliphatic rings. The van der Waals surface area contributed by atoms with Crippen molar-refractivity contribution in [3.05, 3.63) is 65.9 Å². The predicted octanol–water partition coefficient (Wildman–Crippen LogP) is 3.67. The Balaban J connectivity index is 1.94. The first kappa shape index (κ1) is 17.5. The Morgan fingerprint density at radius 3 is 2.46 bits per heavy atom. The zero-order valence-electron chi connectivity index (χ0n) is 14.9. The van der Waals surface area contributed by atoms with Gasteiger partial charge in [-0.1, -0.05) is 25.1 Å². The van der Waals surface area contributed by atoms with Crippen molar-refractivity contribution in [2.24, 2.45) is 0 Å². The first-order chi connectivity index (χ1) is 12.7. The van der Waals surface area contributed by atoms with Crippen molar-refractivity contribution in [2.75, 3.05) is 14.2 Å². The maximum atomic E-state index is 12.7. The highest BCUT2D eigenvalue weighted by atomic mass is 16.5. The van der Waals surface area contributed by atoms with Gasteiger partial charge in [-0.3, -0.25) is 0 Å². The van der Waals surface area contributed by atoms with Crippen molar-refractivity contribution in [3.8, 4) is 23.1 Å². The van der Waals surface area contributed by atoms with Crippen molar-refractivity contribution in [1.82, 2.24) is 9.78 Å². The first-order valence-corrected chi connectivity index (χ1v) is 8.24. The van der Waals surface area contributed by atoms with E-state index in [-0.39, 0.29) is 0 Å². The normalized spacial score (nSPS) is 10.4. The van der Waals surface area contributed by atoms with Gasteiger partial charge in [-0.05, 0) is 30.7 Å². The van der Waals surface area contributed by atoms with Crippen LogP contribution in [0.5, 0.6) is 17.4 Å². The summed E-state index contributed by atoms with van der Waals surface area (Å²) in [5, 5.41) is 4.50. The fourth-order valence-electron chi connectivity index (χ4n) is 2.53. The van der Waals surface area contributed by atoms with Gasteiger partial charge in [-0.2, -0.15) is 5.10 Å². The Labute approximate surface area is 151 Å². The molecule has 2 aromatic carbocycles. The minimum Gasteiger partial charge on any atom is -0.497 e. The number of benzene rings is 2. The first-order valence-electron chi connectivity index (χ1n) is 8.24. The summed E-state index contributed by atoms with van der Waals surface area (Å²) >= 11 is 0. The molecular formula is C20H20N2O4. The molecule has 0 bridgehead atoms. The van der Waals surface area contributed by atoms with Gasteiger partial charge in [0.25, 0.3) is 0 Å². The van der Waals surface area contributed by atoms with Gasteiger partial charge in [0.05, 0.1) is 25.6 Å². The van der Waals surface area contributed by atoms with Crippen molar-refractivity contribution in [2.45, 2.75) is 13.3 Å². The fraction of sp³-hybridized carbons (Fsp3) is 0.200. The molecule has 1 heterocycles. The zero-order chi connectivity index (χ0) is 18.5. The van der Waals surface area contributed by atoms with Crippen LogP contribution < -0.4 is 14.2 Å². The Bertz CT molecular complexity index is 903. The topological polar surface area (TPSA) is 62.6 Å². The number of para-hydroxylation sites is 1. The average Bonchev–Trinajstić information content (AvgIpc) is 3.10. The van der Waals surface area contributed by atoms with Gasteiger partial charge in [-0.15, -0.1) is 0 Å². The van der Waals surface area contributed by atoms with E-state index in [2.05, 4.69) is 5.10 Å². The highest BCUT2D eigenvalue weighted by Crippen LogP contribution is 2.27. The van der Waals surface area contributed by atoms with Crippen LogP contribution in [0.2, 0.25) is 0 Å². The Kier molecular flexibility index (Phi) is 5.22. The van der Waals surface area contributed by atoms with E-state index in [1.54, 1.807) is 36.1 Å². The summed E-state index contributed by atoms with van der Waals surface area (Å²) < 4.78 is 17.7. The summed E-state index contributed by atoms with van der Waals surface area (Å²) in [7, 11) is 3.05. The van der Waals surface area contributed by atoms with Crippen LogP contribution >= 0.6 is 0 Å². The fourth-order valence-corrected chi connectivity index (χ4v) is 2.53. The maximum absolute atomic E-state index is 12.7. The molecule has 0 amide bonds. The van der Waals surface area contributed by atoms with E-state index in [4.69, 9.17) is 14.2 Å². The summed E-state index contributed by atoms with van der Waals surface area (Å²) in [6.45, 7) is 2.00. The molecule has 0 aliphatic heterocycles. The molecule has 6 nitrogen and oxygen atoms in total. The van der Waals surface area contributed by atoms with E-state index >= 15 is 0 Å². The molecule has 3 aromatic rings. The minimum absolute atomic E-state index is 0.312. The van der Waals surface area contributed by atoms with Gasteiger partial charge in [0.1, 0.15) is 17.1 Å². The molecule has 1 aromatic heterocycles. The molecule has 0 fully saturated rings. The van der Waals surface area contributed by atoms with Crippen LogP contribution in [0.4, 0.5) is 0 Å². The van der Waals surface area contributed by atoms with Crippen LogP contribution in [0, 0.1) is 0 Å². The Hall–Kier alpha value is -3.28. The molecule has 134 valence electrons. The number of ether oxygens (including phenoxy) is 3. The highest BCUT2D eigenvalue weighted by Gasteiger charge is 2.19. The summed E-state index contributed by atoms with van der Waals surface area (Å²) in [4.78, 5) is 12.7. The molecule has 0 aliphatic carbocycles. The van der Waals surface area contributed by atoms with Gasteiger partial charge in [-0.25, -0.2) is 9.48 Å². The number of methoxy groups -OCH3 is 2. The third-order valence-electron chi connectivity index (χ3n) is 3.92. The molecule has 0 N–H and O–H groups in total. The van der Waals surface area contributed by atoms with Gasteiger partial charge >= 0.3 is 5.97 Å². The lowest BCUT2D eigenvalue weighted by Gasteiger charge is -2.11. The SMILES string of the molecule is CCc1cc(OC(=O)c2ccc(OC)cc2OC)n(-c2ccccc2)n1. The summed E-state index contributed by atoms with van der Waals surface area (Å²) in [5.74, 6) is 0.817. The van der Waals surface area contributed by atoms with Crippen molar-refractivity contribution >= 4 is 5.97 Å². The zero-order valence-corrected chi connectivity index (χ0v) is 14.9. The summed E-state index contributed by atoms with van der Waals surface area (Å²) in [6.07, 6.45) is 0.732. The van der Waals surface area contributed by atoms with E-state index in [1.807, 2.05) is 37.3 Å². The standard InChI is InChI=1S/C20H20N2O4/c1-4-14-12-19(22(21-14)15-8-6-5-7-9-15)26-20(23)17-11-10-16(24-2)13-18(17)25-3/h5-13H,4H2,1-3H3. The largest absolute Gasteiger partial charge is 0.497 e. The second-order valence-corrected chi connectivity index (χ2v) is 5.53. The third kappa shape index (κ3) is 3.54. The smallest absolute Gasteiger partial charge is 0.348 e. The summed E-state index contributed by atoms with van der Waals surface area (Å²) in [6, 6.07) is 16.2. The number of carbonyl (C=O) groups is 1. The molecule has 0 saturated heterocycles. The van der Waals surface area contributed by atoms with Gasteiger partial charge in [0.15, 0.2) is 0 Å². The number of esters is 1. The van der Waals surface area contributed by atoms with Crippen LogP contribution in [0.1, 0.15) is 23.0 Å². The number of rotatable bonds is 6. The van der Waals surface area contributed by atoms with Crippen LogP contribution in [0.25, 0.3) is 5.69 Å². The number of hydrogen-bond acceptors (Lipinski definition) is 5. The quantitative estimate of drug-likeness (QED) is 0.634. The number of carbonyl (C=O) groups excluding carboxylic acids is 1. The van der Waals surface area contributed by atoms with Gasteiger partial charge < -0.3 is 14.2 Å². The van der Waals surface area contributed by atoms with E-state index < -0.39 is 5.97 Å². The van der Waals surface area contributed by atoms with Crippen molar-refractivity contribution in [1.29, 1.82) is 0 Å². The number of hydrogen-bond donors (Lipinski definition) is 0. The lowest BCUT2D eigenvalue weighted by Crippen LogP contribution is -2.13. The van der Waals surface area contributed by atoms with Crippen LogP contribution in [-0.4, -0.2) is 30.0 Å². The molecule has 26 heavy (non-hydrogen) atoms. The van der Waals surface area contributed by atoms with E-state index in [9.17, 15) is 4.79 Å². The third-order valence-corrected chi connectivity index (χ3v) is 3.92. The molecular weight excluding hydrogens is 332 g/mol. The van der Waals surface area contributed by atoms with Crippen LogP contribution in [0.15, 0.2) is 54.6 Å². The second kappa shape index (κ2) is 7.74. The highest BCUT2D eigenvalue weighted by molar-refractivity contribution is 5.94. The van der Waals surface area contributed by atoms with Crippen LogP contribution in [0.3, 0.4) is 0 Å². The Morgan fingerprint density at radius 1 is 1.04 bits per heavy atom. The molecule has 0 unspecified atom stereocenters. The van der Waals surface area contributed by atoms with Crippen molar-refractivity contribution < 1.29 is 19.0 Å². The van der Waals surface area contributed by atoms with E-state index in [1.165, 1.54) is 7.11 Å². The number of aryl methyl sites for hydroxylation is 1. The lowest BCUT2D eigenvalue weighted by molar-refractivity contribution is 0.0719. The monoisotopic (exact) mass is 352 g/mol. The molecule has 0 radical (unpaired) electrons. The minimum atomic E-state index is -0.524. The predicted molar refractivity (Wildman–Crippen MR) is 97.4 cm³/mol. The molecule has 0 atom stereocenters. The van der Waals surface area contributed by atoms with Gasteiger partial charge in [0, 0.05) is 12.1 Å². The Morgan fingerprint density at radius 2 is 1.81 bits per heavy atom. The molecule has 0 spiro atoms. The van der Waals surface area contributed by atoms with Crippen molar-refractivity contribution in [3.63, 3.8) is 0 Å². The van der Waals surface area contributed by atoms with Gasteiger partial charge in [0.2, 0.25) is 5.88 Å². The summed E-state index contributed by atoms with van der Waals surface area (Å²) in [5.41, 5.74) is 1.96. The maximum Gasteiger partial charge on any atom is 0.348 e. The molecule has 0 saturated carbocycles.